The van der Waals surface area contributed by atoms with Crippen LogP contribution in [0.2, 0.25) is 0 Å². The van der Waals surface area contributed by atoms with Crippen LogP contribution in [0.1, 0.15) is 15.9 Å². The molecule has 168 valence electrons. The molecular weight excluding hydrogens is 435 g/mol. The summed E-state index contributed by atoms with van der Waals surface area (Å²) in [7, 11) is -1.09. The summed E-state index contributed by atoms with van der Waals surface area (Å²) < 4.78 is 71.4. The number of hydrogen-bond donors (Lipinski definition) is 1. The Morgan fingerprint density at radius 2 is 1.74 bits per heavy atom. The van der Waals surface area contributed by atoms with Gasteiger partial charge in [-0.2, -0.15) is 17.5 Å². The summed E-state index contributed by atoms with van der Waals surface area (Å²) in [5.74, 6) is -0.240. The molecule has 11 heteroatoms. The lowest BCUT2D eigenvalue weighted by molar-refractivity contribution is -0.137. The summed E-state index contributed by atoms with van der Waals surface area (Å²) in [5.41, 5.74) is -0.271. The predicted octanol–water partition coefficient (Wildman–Crippen LogP) is 2.58. The number of ether oxygens (including phenoxy) is 1. The van der Waals surface area contributed by atoms with Crippen molar-refractivity contribution in [3.63, 3.8) is 0 Å². The second kappa shape index (κ2) is 8.75. The minimum Gasteiger partial charge on any atom is -0.496 e. The van der Waals surface area contributed by atoms with Gasteiger partial charge in [-0.15, -0.1) is 0 Å². The third kappa shape index (κ3) is 4.77. The van der Waals surface area contributed by atoms with Gasteiger partial charge >= 0.3 is 6.18 Å². The number of amides is 1. The maximum atomic E-state index is 13.1. The number of halogens is 3. The number of piperazine rings is 1. The Bertz CT molecular complexity index is 1070. The summed E-state index contributed by atoms with van der Waals surface area (Å²) in [6, 6.07) is 8.99. The van der Waals surface area contributed by atoms with Gasteiger partial charge in [0.2, 0.25) is 10.0 Å². The number of nitrogens with one attached hydrogen (secondary N) is 1. The fourth-order valence-corrected chi connectivity index (χ4v) is 4.82. The van der Waals surface area contributed by atoms with Gasteiger partial charge in [-0.3, -0.25) is 4.79 Å². The highest BCUT2D eigenvalue weighted by Crippen LogP contribution is 2.32. The molecule has 0 bridgehead atoms. The summed E-state index contributed by atoms with van der Waals surface area (Å²) in [6.45, 7) is 0.665. The molecule has 2 aromatic rings. The Morgan fingerprint density at radius 3 is 2.32 bits per heavy atom. The number of hydrogen-bond acceptors (Lipinski definition) is 5. The van der Waals surface area contributed by atoms with Crippen molar-refractivity contribution < 1.29 is 31.1 Å². The Morgan fingerprint density at radius 1 is 1.06 bits per heavy atom. The van der Waals surface area contributed by atoms with E-state index in [1.54, 1.807) is 11.0 Å². The molecule has 1 fully saturated rings. The van der Waals surface area contributed by atoms with Gasteiger partial charge in [0, 0.05) is 38.9 Å². The van der Waals surface area contributed by atoms with E-state index in [4.69, 9.17) is 4.74 Å². The largest absolute Gasteiger partial charge is 0.496 e. The minimum absolute atomic E-state index is 0.0561. The molecule has 0 radical (unpaired) electrons. The van der Waals surface area contributed by atoms with Crippen molar-refractivity contribution in [2.75, 3.05) is 45.2 Å². The molecule has 0 aliphatic carbocycles. The molecule has 1 N–H and O–H groups in total. The van der Waals surface area contributed by atoms with E-state index in [0.717, 1.165) is 12.1 Å². The predicted molar refractivity (Wildman–Crippen MR) is 109 cm³/mol. The lowest BCUT2D eigenvalue weighted by Crippen LogP contribution is -2.48. The van der Waals surface area contributed by atoms with Gasteiger partial charge in [0.15, 0.2) is 0 Å². The number of anilines is 1. The molecule has 1 amide bonds. The standard InChI is InChI=1S/C20H22F3N3O4S/c1-24-19(27)17-13-16(6-7-18(17)30-2)31(28,29)26-10-8-25(9-11-26)15-5-3-4-14(12-15)20(21,22)23/h3-7,12-13H,8-11H2,1-2H3,(H,24,27). The molecule has 0 unspecified atom stereocenters. The average molecular weight is 457 g/mol. The molecule has 7 nitrogen and oxygen atoms in total. The van der Waals surface area contributed by atoms with Gasteiger partial charge in [-0.1, -0.05) is 6.07 Å². The summed E-state index contributed by atoms with van der Waals surface area (Å²) >= 11 is 0. The first-order valence-corrected chi connectivity index (χ1v) is 10.8. The third-order valence-corrected chi connectivity index (χ3v) is 6.95. The maximum absolute atomic E-state index is 13.1. The second-order valence-electron chi connectivity index (χ2n) is 6.88. The third-order valence-electron chi connectivity index (χ3n) is 5.06. The van der Waals surface area contributed by atoms with E-state index in [9.17, 15) is 26.4 Å². The number of carbonyl (C=O) groups excluding carboxylic acids is 1. The van der Waals surface area contributed by atoms with Crippen LogP contribution in [-0.2, 0) is 16.2 Å². The van der Waals surface area contributed by atoms with E-state index < -0.39 is 27.7 Å². The zero-order valence-electron chi connectivity index (χ0n) is 16.9. The fourth-order valence-electron chi connectivity index (χ4n) is 3.37. The Hall–Kier alpha value is -2.79. The first-order chi connectivity index (χ1) is 14.6. The van der Waals surface area contributed by atoms with Crippen LogP contribution in [-0.4, -0.2) is 59.0 Å². The number of alkyl halides is 3. The molecular formula is C20H22F3N3O4S. The van der Waals surface area contributed by atoms with Crippen molar-refractivity contribution in [2.24, 2.45) is 0 Å². The first kappa shape index (κ1) is 22.9. The topological polar surface area (TPSA) is 79.0 Å². The highest BCUT2D eigenvalue weighted by Gasteiger charge is 2.32. The van der Waals surface area contributed by atoms with Crippen LogP contribution in [0.5, 0.6) is 5.75 Å². The Kier molecular flexibility index (Phi) is 6.46. The number of rotatable bonds is 5. The van der Waals surface area contributed by atoms with Crippen LogP contribution in [0.4, 0.5) is 18.9 Å². The van der Waals surface area contributed by atoms with E-state index in [0.29, 0.717) is 5.69 Å². The molecule has 0 atom stereocenters. The molecule has 2 aromatic carbocycles. The van der Waals surface area contributed by atoms with E-state index in [-0.39, 0.29) is 42.4 Å². The number of carbonyl (C=O) groups is 1. The van der Waals surface area contributed by atoms with Crippen LogP contribution >= 0.6 is 0 Å². The fraction of sp³-hybridized carbons (Fsp3) is 0.350. The highest BCUT2D eigenvalue weighted by atomic mass is 32.2. The van der Waals surface area contributed by atoms with Crippen LogP contribution in [0.3, 0.4) is 0 Å². The zero-order valence-corrected chi connectivity index (χ0v) is 17.8. The average Bonchev–Trinajstić information content (AvgIpc) is 2.77. The smallest absolute Gasteiger partial charge is 0.416 e. The quantitative estimate of drug-likeness (QED) is 0.747. The van der Waals surface area contributed by atoms with Gasteiger partial charge in [-0.05, 0) is 36.4 Å². The molecule has 1 heterocycles. The van der Waals surface area contributed by atoms with Crippen LogP contribution in [0, 0.1) is 0 Å². The lowest BCUT2D eigenvalue weighted by Gasteiger charge is -2.35. The molecule has 0 saturated carbocycles. The van der Waals surface area contributed by atoms with Gasteiger partial charge in [0.05, 0.1) is 23.1 Å². The molecule has 1 saturated heterocycles. The number of sulfonamides is 1. The normalized spacial score (nSPS) is 15.6. The number of benzene rings is 2. The van der Waals surface area contributed by atoms with Gasteiger partial charge in [0.25, 0.3) is 5.91 Å². The number of nitrogens with zero attached hydrogens (tertiary/aromatic N) is 2. The Balaban J connectivity index is 1.78. The zero-order chi connectivity index (χ0) is 22.8. The lowest BCUT2D eigenvalue weighted by atomic mass is 10.1. The van der Waals surface area contributed by atoms with E-state index >= 15 is 0 Å². The summed E-state index contributed by atoms with van der Waals surface area (Å²) in [4.78, 5) is 13.7. The van der Waals surface area contributed by atoms with Gasteiger partial charge < -0.3 is 15.0 Å². The number of methoxy groups -OCH3 is 1. The van der Waals surface area contributed by atoms with Crippen molar-refractivity contribution in [1.82, 2.24) is 9.62 Å². The van der Waals surface area contributed by atoms with Crippen molar-refractivity contribution >= 4 is 21.6 Å². The summed E-state index contributed by atoms with van der Waals surface area (Å²) in [5, 5.41) is 2.44. The molecule has 1 aliphatic rings. The van der Waals surface area contributed by atoms with Crippen molar-refractivity contribution in [2.45, 2.75) is 11.1 Å². The molecule has 0 spiro atoms. The van der Waals surface area contributed by atoms with E-state index in [1.165, 1.54) is 42.7 Å². The van der Waals surface area contributed by atoms with Gasteiger partial charge in [-0.25, -0.2) is 8.42 Å². The molecule has 0 aromatic heterocycles. The summed E-state index contributed by atoms with van der Waals surface area (Å²) in [6.07, 6.45) is -4.45. The Labute approximate surface area is 178 Å². The molecule has 31 heavy (non-hydrogen) atoms. The van der Waals surface area contributed by atoms with Crippen molar-refractivity contribution in [3.05, 3.63) is 53.6 Å². The van der Waals surface area contributed by atoms with Crippen molar-refractivity contribution in [3.8, 4) is 5.75 Å². The monoisotopic (exact) mass is 457 g/mol. The minimum atomic E-state index is -4.45. The molecule has 1 aliphatic heterocycles. The maximum Gasteiger partial charge on any atom is 0.416 e. The van der Waals surface area contributed by atoms with Crippen molar-refractivity contribution in [1.29, 1.82) is 0 Å². The van der Waals surface area contributed by atoms with E-state index in [2.05, 4.69) is 5.32 Å². The van der Waals surface area contributed by atoms with E-state index in [1.807, 2.05) is 0 Å². The highest BCUT2D eigenvalue weighted by molar-refractivity contribution is 7.89. The van der Waals surface area contributed by atoms with Crippen LogP contribution < -0.4 is 15.0 Å². The van der Waals surface area contributed by atoms with Crippen LogP contribution in [0.25, 0.3) is 0 Å². The van der Waals surface area contributed by atoms with Crippen LogP contribution in [0.15, 0.2) is 47.4 Å². The molecule has 3 rings (SSSR count). The second-order valence-corrected chi connectivity index (χ2v) is 8.82. The van der Waals surface area contributed by atoms with Gasteiger partial charge in [0.1, 0.15) is 5.75 Å². The first-order valence-electron chi connectivity index (χ1n) is 9.40. The SMILES string of the molecule is CNC(=O)c1cc(S(=O)(=O)N2CCN(c3cccc(C(F)(F)F)c3)CC2)ccc1OC.